The summed E-state index contributed by atoms with van der Waals surface area (Å²) in [5.74, 6) is 6.78. The van der Waals surface area contributed by atoms with Gasteiger partial charge >= 0.3 is 0 Å². The highest BCUT2D eigenvalue weighted by molar-refractivity contribution is 5.79. The van der Waals surface area contributed by atoms with E-state index in [-0.39, 0.29) is 11.0 Å². The maximum Gasteiger partial charge on any atom is 0.261 e. The topological polar surface area (TPSA) is 47.8 Å². The quantitative estimate of drug-likeness (QED) is 0.579. The Labute approximate surface area is 156 Å². The number of halogens is 1. The number of rotatable bonds is 0. The fourth-order valence-electron chi connectivity index (χ4n) is 3.88. The molecule has 134 valence electrons. The van der Waals surface area contributed by atoms with Crippen LogP contribution < -0.4 is 5.56 Å². The average Bonchev–Trinajstić information content (AvgIpc) is 3.50. The van der Waals surface area contributed by atoms with Gasteiger partial charge in [-0.25, -0.2) is 14.4 Å². The summed E-state index contributed by atoms with van der Waals surface area (Å²) in [6.07, 6.45) is 3.52. The lowest BCUT2D eigenvalue weighted by atomic mass is 9.98. The van der Waals surface area contributed by atoms with E-state index in [0.717, 1.165) is 18.4 Å². The molecule has 1 aliphatic carbocycles. The number of aromatic nitrogens is 3. The second kappa shape index (κ2) is 6.02. The van der Waals surface area contributed by atoms with E-state index < -0.39 is 6.17 Å². The summed E-state index contributed by atoms with van der Waals surface area (Å²) in [7, 11) is 0. The van der Waals surface area contributed by atoms with Gasteiger partial charge in [-0.05, 0) is 55.5 Å². The lowest BCUT2D eigenvalue weighted by molar-refractivity contribution is 0.185. The highest BCUT2D eigenvalue weighted by Crippen LogP contribution is 2.53. The molecule has 1 fully saturated rings. The standard InChI is InChI=1S/C22H18FN3O/c23-19-8-9-20-25-18-13-15(4-6-16-3-1-2-12-24-16)5-7-17(18)21(27)26(20)14-22(19)10-11-22/h1-3,5,7,12-13,19H,8-11,14H2. The number of alkyl halides is 1. The molecule has 0 radical (unpaired) electrons. The zero-order valence-electron chi connectivity index (χ0n) is 14.8. The van der Waals surface area contributed by atoms with Crippen molar-refractivity contribution in [3.63, 3.8) is 0 Å². The van der Waals surface area contributed by atoms with Crippen LogP contribution in [0.4, 0.5) is 4.39 Å². The van der Waals surface area contributed by atoms with E-state index in [1.165, 1.54) is 0 Å². The molecule has 4 nitrogen and oxygen atoms in total. The van der Waals surface area contributed by atoms with Gasteiger partial charge in [-0.15, -0.1) is 0 Å². The summed E-state index contributed by atoms with van der Waals surface area (Å²) in [4.78, 5) is 21.9. The van der Waals surface area contributed by atoms with E-state index in [1.54, 1.807) is 16.8 Å². The Bertz CT molecular complexity index is 1150. The molecule has 5 heteroatoms. The molecule has 1 spiro atoms. The number of hydrogen-bond donors (Lipinski definition) is 0. The molecular formula is C22H18FN3O. The highest BCUT2D eigenvalue weighted by Gasteiger charge is 2.51. The van der Waals surface area contributed by atoms with E-state index in [4.69, 9.17) is 4.98 Å². The number of benzene rings is 1. The Morgan fingerprint density at radius 2 is 2.07 bits per heavy atom. The van der Waals surface area contributed by atoms with Gasteiger partial charge in [0.05, 0.1) is 10.9 Å². The summed E-state index contributed by atoms with van der Waals surface area (Å²) in [6, 6.07) is 11.0. The molecule has 3 heterocycles. The Hall–Kier alpha value is -3.00. The van der Waals surface area contributed by atoms with Crippen LogP contribution in [0, 0.1) is 17.3 Å². The van der Waals surface area contributed by atoms with Crippen LogP contribution in [0.2, 0.25) is 0 Å². The van der Waals surface area contributed by atoms with Crippen molar-refractivity contribution in [2.24, 2.45) is 5.41 Å². The first kappa shape index (κ1) is 16.2. The van der Waals surface area contributed by atoms with E-state index in [1.807, 2.05) is 30.3 Å². The summed E-state index contributed by atoms with van der Waals surface area (Å²) in [5, 5.41) is 0.565. The second-order valence-electron chi connectivity index (χ2n) is 7.48. The SMILES string of the molecule is O=c1c2ccc(C#Cc3ccccn3)cc2nc2n1CC1(CC1)C(F)CC2. The molecule has 2 aromatic heterocycles. The first-order valence-corrected chi connectivity index (χ1v) is 9.25. The maximum atomic E-state index is 14.5. The van der Waals surface area contributed by atoms with Crippen molar-refractivity contribution in [2.75, 3.05) is 0 Å². The molecule has 0 N–H and O–H groups in total. The third kappa shape index (κ3) is 2.82. The molecule has 1 atom stereocenters. The van der Waals surface area contributed by atoms with E-state index in [2.05, 4.69) is 16.8 Å². The lowest BCUT2D eigenvalue weighted by Gasteiger charge is -2.17. The van der Waals surface area contributed by atoms with Crippen LogP contribution in [0.25, 0.3) is 10.9 Å². The van der Waals surface area contributed by atoms with Gasteiger partial charge in [-0.1, -0.05) is 12.0 Å². The van der Waals surface area contributed by atoms with Crippen molar-refractivity contribution in [1.82, 2.24) is 14.5 Å². The smallest absolute Gasteiger partial charge is 0.261 e. The number of nitrogens with zero attached hydrogens (tertiary/aromatic N) is 3. The molecule has 1 saturated carbocycles. The molecule has 1 unspecified atom stereocenters. The normalized spacial score (nSPS) is 19.8. The molecule has 0 bridgehead atoms. The minimum Gasteiger partial charge on any atom is -0.295 e. The molecule has 5 rings (SSSR count). The molecule has 0 amide bonds. The number of aryl methyl sites for hydroxylation is 1. The van der Waals surface area contributed by atoms with Crippen molar-refractivity contribution in [3.8, 4) is 11.8 Å². The van der Waals surface area contributed by atoms with Crippen LogP contribution in [-0.2, 0) is 13.0 Å². The fourth-order valence-corrected chi connectivity index (χ4v) is 3.88. The average molecular weight is 359 g/mol. The second-order valence-corrected chi connectivity index (χ2v) is 7.48. The van der Waals surface area contributed by atoms with Gasteiger partial charge in [0.25, 0.3) is 5.56 Å². The van der Waals surface area contributed by atoms with E-state index in [0.29, 0.717) is 41.8 Å². The van der Waals surface area contributed by atoms with Crippen molar-refractivity contribution in [1.29, 1.82) is 0 Å². The van der Waals surface area contributed by atoms with Crippen LogP contribution in [0.3, 0.4) is 0 Å². The maximum absolute atomic E-state index is 14.5. The predicted octanol–water partition coefficient (Wildman–Crippen LogP) is 3.26. The van der Waals surface area contributed by atoms with Crippen molar-refractivity contribution in [2.45, 2.75) is 38.4 Å². The summed E-state index contributed by atoms with van der Waals surface area (Å²) >= 11 is 0. The Kier molecular flexibility index (Phi) is 3.61. The van der Waals surface area contributed by atoms with Crippen molar-refractivity contribution in [3.05, 3.63) is 70.0 Å². The highest BCUT2D eigenvalue weighted by atomic mass is 19.1. The zero-order chi connectivity index (χ0) is 18.4. The lowest BCUT2D eigenvalue weighted by Crippen LogP contribution is -2.29. The Morgan fingerprint density at radius 1 is 1.19 bits per heavy atom. The van der Waals surface area contributed by atoms with Gasteiger partial charge in [0.15, 0.2) is 0 Å². The summed E-state index contributed by atoms with van der Waals surface area (Å²) in [6.45, 7) is 0.451. The molecule has 1 aliphatic heterocycles. The van der Waals surface area contributed by atoms with Crippen molar-refractivity contribution >= 4 is 10.9 Å². The number of hydrogen-bond acceptors (Lipinski definition) is 3. The zero-order valence-corrected chi connectivity index (χ0v) is 14.8. The van der Waals surface area contributed by atoms with Gasteiger partial charge in [0.2, 0.25) is 0 Å². The largest absolute Gasteiger partial charge is 0.295 e. The number of pyridine rings is 1. The predicted molar refractivity (Wildman–Crippen MR) is 101 cm³/mol. The minimum atomic E-state index is -0.846. The van der Waals surface area contributed by atoms with E-state index in [9.17, 15) is 9.18 Å². The van der Waals surface area contributed by atoms with Gasteiger partial charge in [0, 0.05) is 30.1 Å². The van der Waals surface area contributed by atoms with Crippen molar-refractivity contribution < 1.29 is 4.39 Å². The van der Waals surface area contributed by atoms with Crippen LogP contribution >= 0.6 is 0 Å². The van der Waals surface area contributed by atoms with Crippen LogP contribution in [0.5, 0.6) is 0 Å². The molecule has 3 aromatic rings. The minimum absolute atomic E-state index is 0.0698. The van der Waals surface area contributed by atoms with Crippen LogP contribution in [0.15, 0.2) is 47.4 Å². The molecule has 1 aromatic carbocycles. The number of fused-ring (bicyclic) bond motifs is 2. The third-order valence-electron chi connectivity index (χ3n) is 5.69. The summed E-state index contributed by atoms with van der Waals surface area (Å²) < 4.78 is 16.2. The van der Waals surface area contributed by atoms with Crippen LogP contribution in [0.1, 0.15) is 36.3 Å². The Morgan fingerprint density at radius 3 is 2.85 bits per heavy atom. The molecular weight excluding hydrogens is 341 g/mol. The summed E-state index contributed by atoms with van der Waals surface area (Å²) in [5.41, 5.74) is 1.69. The molecule has 27 heavy (non-hydrogen) atoms. The van der Waals surface area contributed by atoms with Gasteiger partial charge in [0.1, 0.15) is 17.7 Å². The monoisotopic (exact) mass is 359 g/mol. The first-order chi connectivity index (χ1) is 13.1. The molecule has 0 saturated heterocycles. The van der Waals surface area contributed by atoms with Gasteiger partial charge in [-0.3, -0.25) is 9.36 Å². The van der Waals surface area contributed by atoms with E-state index >= 15 is 0 Å². The van der Waals surface area contributed by atoms with Crippen LogP contribution in [-0.4, -0.2) is 20.7 Å². The third-order valence-corrected chi connectivity index (χ3v) is 5.69. The first-order valence-electron chi connectivity index (χ1n) is 9.25. The van der Waals surface area contributed by atoms with Gasteiger partial charge < -0.3 is 0 Å². The van der Waals surface area contributed by atoms with Gasteiger partial charge in [-0.2, -0.15) is 0 Å². The fraction of sp³-hybridized carbons (Fsp3) is 0.318. The Balaban J connectivity index is 1.57. The molecule has 2 aliphatic rings.